The van der Waals surface area contributed by atoms with Crippen LogP contribution in [0.2, 0.25) is 5.15 Å². The van der Waals surface area contributed by atoms with Gasteiger partial charge in [0.1, 0.15) is 16.1 Å². The second-order valence-corrected chi connectivity index (χ2v) is 8.16. The smallest absolute Gasteiger partial charge is 0.303 e. The average molecular weight is 388 g/mol. The molecule has 0 unspecified atom stereocenters. The molecule has 2 aromatic rings. The average Bonchev–Trinajstić information content (AvgIpc) is 2.87. The Morgan fingerprint density at radius 3 is 2.91 bits per heavy atom. The Hall–Kier alpha value is -0.890. The van der Waals surface area contributed by atoms with Crippen molar-refractivity contribution >= 4 is 67.5 Å². The van der Waals surface area contributed by atoms with Gasteiger partial charge >= 0.3 is 5.97 Å². The van der Waals surface area contributed by atoms with Crippen LogP contribution in [0.4, 0.5) is 0 Å². The third kappa shape index (κ3) is 3.47. The van der Waals surface area contributed by atoms with E-state index >= 15 is 0 Å². The number of thiocarbonyl (C=S) groups is 1. The van der Waals surface area contributed by atoms with Gasteiger partial charge in [0.05, 0.1) is 4.88 Å². The Balaban J connectivity index is 1.87. The molecule has 0 aliphatic heterocycles. The molecule has 8 heteroatoms. The molecule has 0 spiro atoms. The highest BCUT2D eigenvalue weighted by molar-refractivity contribution is 8.22. The highest BCUT2D eigenvalue weighted by Crippen LogP contribution is 2.50. The summed E-state index contributed by atoms with van der Waals surface area (Å²) in [5, 5.41) is 1.44. The van der Waals surface area contributed by atoms with Gasteiger partial charge in [-0.3, -0.25) is 4.79 Å². The first-order valence-electron chi connectivity index (χ1n) is 6.92. The highest BCUT2D eigenvalue weighted by Gasteiger charge is 2.51. The van der Waals surface area contributed by atoms with Crippen molar-refractivity contribution in [3.05, 3.63) is 28.2 Å². The Kier molecular flexibility index (Phi) is 4.83. The lowest BCUT2D eigenvalue weighted by atomic mass is 9.76. The lowest BCUT2D eigenvalue weighted by Gasteiger charge is -2.45. The molecule has 2 heterocycles. The zero-order valence-electron chi connectivity index (χ0n) is 12.5. The molecule has 23 heavy (non-hydrogen) atoms. The second-order valence-electron chi connectivity index (χ2n) is 5.33. The van der Waals surface area contributed by atoms with Gasteiger partial charge in [-0.05, 0) is 36.7 Å². The fourth-order valence-corrected chi connectivity index (χ4v) is 4.42. The van der Waals surface area contributed by atoms with Crippen molar-refractivity contribution in [1.82, 2.24) is 4.98 Å². The maximum atomic E-state index is 11.6. The molecule has 1 fully saturated rings. The monoisotopic (exact) mass is 387 g/mol. The van der Waals surface area contributed by atoms with Crippen LogP contribution in [0.25, 0.3) is 10.2 Å². The summed E-state index contributed by atoms with van der Waals surface area (Å²) in [6.07, 6.45) is 3.03. The van der Waals surface area contributed by atoms with Gasteiger partial charge in [-0.15, -0.1) is 11.3 Å². The Morgan fingerprint density at radius 2 is 2.26 bits per heavy atom. The number of rotatable bonds is 3. The van der Waals surface area contributed by atoms with Gasteiger partial charge in [-0.2, -0.15) is 0 Å². The van der Waals surface area contributed by atoms with E-state index in [1.807, 2.05) is 18.4 Å². The van der Waals surface area contributed by atoms with Crippen molar-refractivity contribution in [3.63, 3.8) is 0 Å². The van der Waals surface area contributed by atoms with Gasteiger partial charge < -0.3 is 9.47 Å². The van der Waals surface area contributed by atoms with Gasteiger partial charge in [0.15, 0.2) is 5.60 Å². The van der Waals surface area contributed by atoms with E-state index in [0.717, 1.165) is 15.1 Å². The summed E-state index contributed by atoms with van der Waals surface area (Å²) in [7, 11) is 0. The molecule has 1 aliphatic carbocycles. The van der Waals surface area contributed by atoms with E-state index < -0.39 is 5.60 Å². The third-order valence-corrected chi connectivity index (χ3v) is 6.15. The zero-order chi connectivity index (χ0) is 16.6. The topological polar surface area (TPSA) is 48.4 Å². The van der Waals surface area contributed by atoms with E-state index in [1.165, 1.54) is 30.0 Å². The van der Waals surface area contributed by atoms with Crippen LogP contribution in [0.1, 0.15) is 24.6 Å². The van der Waals surface area contributed by atoms with Crippen molar-refractivity contribution in [2.45, 2.75) is 31.5 Å². The number of pyridine rings is 1. The molecule has 2 aromatic heterocycles. The molecule has 0 bridgehead atoms. The number of hydrogen-bond acceptors (Lipinski definition) is 7. The molecule has 0 atom stereocenters. The van der Waals surface area contributed by atoms with Gasteiger partial charge in [0.25, 0.3) is 0 Å². The Bertz CT molecular complexity index is 770. The van der Waals surface area contributed by atoms with E-state index in [4.69, 9.17) is 33.3 Å². The summed E-state index contributed by atoms with van der Waals surface area (Å²) < 4.78 is 11.8. The van der Waals surface area contributed by atoms with E-state index in [-0.39, 0.29) is 12.1 Å². The van der Waals surface area contributed by atoms with Crippen molar-refractivity contribution in [2.75, 3.05) is 6.26 Å². The molecule has 0 aromatic carbocycles. The van der Waals surface area contributed by atoms with Crippen LogP contribution < -0.4 is 0 Å². The van der Waals surface area contributed by atoms with E-state index in [1.54, 1.807) is 6.07 Å². The lowest BCUT2D eigenvalue weighted by Crippen LogP contribution is -2.48. The summed E-state index contributed by atoms with van der Waals surface area (Å²) in [5.41, 5.74) is -0.650. The van der Waals surface area contributed by atoms with Crippen LogP contribution in [-0.2, 0) is 19.9 Å². The number of aromatic nitrogens is 1. The molecule has 1 aliphatic rings. The number of hydrogen-bond donors (Lipinski definition) is 0. The van der Waals surface area contributed by atoms with Crippen molar-refractivity contribution in [2.24, 2.45) is 0 Å². The third-order valence-electron chi connectivity index (χ3n) is 3.68. The Labute approximate surface area is 152 Å². The largest absolute Gasteiger partial charge is 0.475 e. The molecule has 122 valence electrons. The molecular formula is C15H14ClNO3S3. The van der Waals surface area contributed by atoms with Gasteiger partial charge in [0, 0.05) is 25.2 Å². The molecule has 0 saturated heterocycles. The molecular weight excluding hydrogens is 374 g/mol. The number of esters is 1. The van der Waals surface area contributed by atoms with Crippen LogP contribution in [0.3, 0.4) is 0 Å². The second kappa shape index (κ2) is 6.55. The number of fused-ring (bicyclic) bond motifs is 1. The van der Waals surface area contributed by atoms with Crippen LogP contribution in [0.15, 0.2) is 18.2 Å². The maximum Gasteiger partial charge on any atom is 0.303 e. The van der Waals surface area contributed by atoms with Crippen molar-refractivity contribution in [1.29, 1.82) is 0 Å². The van der Waals surface area contributed by atoms with Crippen LogP contribution in [0, 0.1) is 0 Å². The highest BCUT2D eigenvalue weighted by atomic mass is 35.5. The molecule has 0 amide bonds. The van der Waals surface area contributed by atoms with Crippen molar-refractivity contribution < 1.29 is 14.3 Å². The van der Waals surface area contributed by atoms with Crippen LogP contribution >= 0.6 is 46.9 Å². The molecule has 4 nitrogen and oxygen atoms in total. The number of halogens is 1. The first-order chi connectivity index (χ1) is 10.9. The minimum absolute atomic E-state index is 0.0314. The van der Waals surface area contributed by atoms with Gasteiger partial charge in [-0.25, -0.2) is 4.98 Å². The number of nitrogens with zero attached hydrogens (tertiary/aromatic N) is 1. The van der Waals surface area contributed by atoms with Crippen LogP contribution in [0.5, 0.6) is 0 Å². The van der Waals surface area contributed by atoms with E-state index in [9.17, 15) is 4.79 Å². The minimum Gasteiger partial charge on any atom is -0.475 e. The molecule has 0 radical (unpaired) electrons. The summed E-state index contributed by atoms with van der Waals surface area (Å²) in [6, 6.07) is 5.68. The lowest BCUT2D eigenvalue weighted by molar-refractivity contribution is -0.181. The number of carbonyl (C=O) groups excluding carboxylic acids is 1. The fraction of sp³-hybridized carbons (Fsp3) is 0.400. The first kappa shape index (κ1) is 17.0. The summed E-state index contributed by atoms with van der Waals surface area (Å²) in [6.45, 7) is 1.42. The summed E-state index contributed by atoms with van der Waals surface area (Å²) >= 11 is 13.9. The van der Waals surface area contributed by atoms with Crippen molar-refractivity contribution in [3.8, 4) is 0 Å². The Morgan fingerprint density at radius 1 is 1.52 bits per heavy atom. The SMILES string of the molecule is CSC(=S)OC1CC(OC(C)=O)(c2cc3ccc(Cl)nc3s2)C1. The predicted molar refractivity (Wildman–Crippen MR) is 98.3 cm³/mol. The maximum absolute atomic E-state index is 11.6. The normalized spacial score (nSPS) is 23.3. The number of ether oxygens (including phenoxy) is 2. The van der Waals surface area contributed by atoms with E-state index in [2.05, 4.69) is 4.98 Å². The number of thiophene rings is 1. The van der Waals surface area contributed by atoms with Crippen LogP contribution in [-0.4, -0.2) is 27.7 Å². The first-order valence-corrected chi connectivity index (χ1v) is 9.75. The van der Waals surface area contributed by atoms with Gasteiger partial charge in [0.2, 0.25) is 4.38 Å². The summed E-state index contributed by atoms with van der Waals surface area (Å²) in [4.78, 5) is 17.7. The quantitative estimate of drug-likeness (QED) is 0.438. The molecule has 0 N–H and O–H groups in total. The zero-order valence-corrected chi connectivity index (χ0v) is 15.7. The fourth-order valence-electron chi connectivity index (χ4n) is 2.67. The molecule has 3 rings (SSSR count). The van der Waals surface area contributed by atoms with Gasteiger partial charge in [-0.1, -0.05) is 23.4 Å². The predicted octanol–water partition coefficient (Wildman–Crippen LogP) is 4.54. The number of thioether (sulfide) groups is 1. The standard InChI is InChI=1S/C15H14ClNO3S3/c1-8(18)20-15(6-10(7-15)19-14(21)22-2)11-5-9-3-4-12(16)17-13(9)23-11/h3-5,10H,6-7H2,1-2H3. The summed E-state index contributed by atoms with van der Waals surface area (Å²) in [5.74, 6) is -0.306. The van der Waals surface area contributed by atoms with E-state index in [0.29, 0.717) is 22.4 Å². The minimum atomic E-state index is -0.650. The number of carbonyl (C=O) groups is 1. The molecule has 1 saturated carbocycles.